The van der Waals surface area contributed by atoms with Crippen molar-refractivity contribution in [2.24, 2.45) is 5.41 Å². The second-order valence-corrected chi connectivity index (χ2v) is 7.14. The van der Waals surface area contributed by atoms with Gasteiger partial charge in [-0.25, -0.2) is 0 Å². The molecule has 0 aliphatic carbocycles. The number of nitrogens with one attached hydrogen (secondary N) is 1. The Morgan fingerprint density at radius 2 is 1.88 bits per heavy atom. The molecule has 0 spiro atoms. The van der Waals surface area contributed by atoms with Crippen molar-refractivity contribution in [1.82, 2.24) is 10.3 Å². The third-order valence-corrected chi connectivity index (χ3v) is 4.84. The lowest BCUT2D eigenvalue weighted by molar-refractivity contribution is -0.137. The van der Waals surface area contributed by atoms with Crippen LogP contribution in [-0.4, -0.2) is 30.1 Å². The van der Waals surface area contributed by atoms with E-state index in [9.17, 15) is 4.79 Å². The van der Waals surface area contributed by atoms with Crippen LogP contribution in [0.2, 0.25) is 0 Å². The minimum Gasteiger partial charge on any atom is -0.381 e. The van der Waals surface area contributed by atoms with E-state index in [2.05, 4.69) is 40.6 Å². The molecule has 2 aromatic rings. The van der Waals surface area contributed by atoms with E-state index in [1.54, 1.807) is 6.20 Å². The lowest BCUT2D eigenvalue weighted by Gasteiger charge is -2.36. The van der Waals surface area contributed by atoms with E-state index in [-0.39, 0.29) is 17.4 Å². The summed E-state index contributed by atoms with van der Waals surface area (Å²) < 4.78 is 5.51. The molecule has 3 rings (SSSR count). The summed E-state index contributed by atoms with van der Waals surface area (Å²) in [6.07, 6.45) is 5.94. The van der Waals surface area contributed by atoms with Crippen LogP contribution in [0.3, 0.4) is 0 Å². The van der Waals surface area contributed by atoms with Crippen LogP contribution in [0, 0.1) is 5.41 Å². The van der Waals surface area contributed by atoms with Crippen molar-refractivity contribution in [2.45, 2.75) is 39.2 Å². The molecular formula is C21H26N2O2. The highest BCUT2D eigenvalue weighted by atomic mass is 16.5. The zero-order valence-electron chi connectivity index (χ0n) is 15.0. The molecule has 1 aromatic heterocycles. The Kier molecular flexibility index (Phi) is 5.49. The van der Waals surface area contributed by atoms with Gasteiger partial charge in [0.1, 0.15) is 0 Å². The number of ether oxygens (including phenoxy) is 1. The molecule has 0 saturated carbocycles. The van der Waals surface area contributed by atoms with Gasteiger partial charge in [-0.1, -0.05) is 30.3 Å². The van der Waals surface area contributed by atoms with Gasteiger partial charge in [0.15, 0.2) is 0 Å². The quantitative estimate of drug-likeness (QED) is 0.906. The van der Waals surface area contributed by atoms with Crippen LogP contribution in [0.5, 0.6) is 0 Å². The Morgan fingerprint density at radius 1 is 1.16 bits per heavy atom. The molecule has 0 bridgehead atoms. The Balaban J connectivity index is 1.79. The second-order valence-electron chi connectivity index (χ2n) is 7.14. The molecule has 0 atom stereocenters. The first-order valence-electron chi connectivity index (χ1n) is 8.97. The Bertz CT molecular complexity index is 690. The molecule has 1 saturated heterocycles. The highest BCUT2D eigenvalue weighted by molar-refractivity contribution is 5.83. The number of carbonyl (C=O) groups excluding carboxylic acids is 1. The fourth-order valence-corrected chi connectivity index (χ4v) is 3.40. The Labute approximate surface area is 149 Å². The first-order chi connectivity index (χ1) is 12.1. The van der Waals surface area contributed by atoms with Gasteiger partial charge in [-0.05, 0) is 55.9 Å². The molecule has 1 aliphatic heterocycles. The van der Waals surface area contributed by atoms with E-state index < -0.39 is 0 Å². The first kappa shape index (κ1) is 17.6. The van der Waals surface area contributed by atoms with Crippen LogP contribution >= 0.6 is 0 Å². The lowest BCUT2D eigenvalue weighted by Crippen LogP contribution is -2.48. The van der Waals surface area contributed by atoms with Crippen molar-refractivity contribution in [2.75, 3.05) is 13.2 Å². The molecule has 2 heterocycles. The predicted molar refractivity (Wildman–Crippen MR) is 99.1 cm³/mol. The molecule has 1 amide bonds. The summed E-state index contributed by atoms with van der Waals surface area (Å²) in [4.78, 5) is 17.0. The number of benzene rings is 1. The van der Waals surface area contributed by atoms with E-state index in [0.29, 0.717) is 13.2 Å². The van der Waals surface area contributed by atoms with E-state index in [1.807, 2.05) is 26.1 Å². The minimum atomic E-state index is -0.363. The maximum atomic E-state index is 12.8. The SMILES string of the molecule is CC(C)NC(=O)C1(Cc2ccc(-c3cccnc3)cc2)CCOCC1. The number of hydrogen-bond donors (Lipinski definition) is 1. The van der Waals surface area contributed by atoms with Crippen molar-refractivity contribution >= 4 is 5.91 Å². The Hall–Kier alpha value is -2.20. The molecule has 1 aromatic carbocycles. The van der Waals surface area contributed by atoms with E-state index >= 15 is 0 Å². The average Bonchev–Trinajstić information content (AvgIpc) is 2.63. The van der Waals surface area contributed by atoms with Crippen molar-refractivity contribution < 1.29 is 9.53 Å². The lowest BCUT2D eigenvalue weighted by atomic mass is 9.74. The number of pyridine rings is 1. The average molecular weight is 338 g/mol. The Morgan fingerprint density at radius 3 is 2.48 bits per heavy atom. The van der Waals surface area contributed by atoms with Gasteiger partial charge in [0, 0.05) is 31.6 Å². The molecular weight excluding hydrogens is 312 g/mol. The van der Waals surface area contributed by atoms with E-state index in [1.165, 1.54) is 5.56 Å². The van der Waals surface area contributed by atoms with Crippen molar-refractivity contribution in [3.8, 4) is 11.1 Å². The zero-order chi connectivity index (χ0) is 17.7. The fraction of sp³-hybridized carbons (Fsp3) is 0.429. The molecule has 4 heteroatoms. The topological polar surface area (TPSA) is 51.2 Å². The maximum absolute atomic E-state index is 12.8. The number of hydrogen-bond acceptors (Lipinski definition) is 3. The second kappa shape index (κ2) is 7.79. The number of rotatable bonds is 5. The summed E-state index contributed by atoms with van der Waals surface area (Å²) in [5.41, 5.74) is 3.07. The van der Waals surface area contributed by atoms with Gasteiger partial charge in [-0.2, -0.15) is 0 Å². The number of aromatic nitrogens is 1. The predicted octanol–water partition coefficient (Wildman–Crippen LogP) is 3.61. The largest absolute Gasteiger partial charge is 0.381 e. The summed E-state index contributed by atoms with van der Waals surface area (Å²) in [6.45, 7) is 5.32. The van der Waals surface area contributed by atoms with Crippen molar-refractivity contribution in [1.29, 1.82) is 0 Å². The minimum absolute atomic E-state index is 0.153. The summed E-state index contributed by atoms with van der Waals surface area (Å²) >= 11 is 0. The summed E-state index contributed by atoms with van der Waals surface area (Å²) in [6, 6.07) is 12.6. The highest BCUT2D eigenvalue weighted by Gasteiger charge is 2.40. The smallest absolute Gasteiger partial charge is 0.226 e. The van der Waals surface area contributed by atoms with Crippen molar-refractivity contribution in [3.63, 3.8) is 0 Å². The van der Waals surface area contributed by atoms with Crippen molar-refractivity contribution in [3.05, 3.63) is 54.4 Å². The van der Waals surface area contributed by atoms with Crippen LogP contribution < -0.4 is 5.32 Å². The molecule has 0 unspecified atom stereocenters. The van der Waals surface area contributed by atoms with Gasteiger partial charge in [0.05, 0.1) is 5.41 Å². The molecule has 1 aliphatic rings. The summed E-state index contributed by atoms with van der Waals surface area (Å²) in [5.74, 6) is 0.155. The number of carbonyl (C=O) groups is 1. The summed E-state index contributed by atoms with van der Waals surface area (Å²) in [7, 11) is 0. The molecule has 1 fully saturated rings. The van der Waals surface area contributed by atoms with Gasteiger partial charge < -0.3 is 10.1 Å². The molecule has 25 heavy (non-hydrogen) atoms. The van der Waals surface area contributed by atoms with Crippen LogP contribution in [0.25, 0.3) is 11.1 Å². The van der Waals surface area contributed by atoms with Crippen LogP contribution in [0.15, 0.2) is 48.8 Å². The van der Waals surface area contributed by atoms with Crippen LogP contribution in [0.4, 0.5) is 0 Å². The first-order valence-corrected chi connectivity index (χ1v) is 8.97. The maximum Gasteiger partial charge on any atom is 0.226 e. The number of nitrogens with zero attached hydrogens (tertiary/aromatic N) is 1. The molecule has 4 nitrogen and oxygen atoms in total. The van der Waals surface area contributed by atoms with E-state index in [4.69, 9.17) is 4.74 Å². The van der Waals surface area contributed by atoms with E-state index in [0.717, 1.165) is 30.4 Å². The standard InChI is InChI=1S/C21H26N2O2/c1-16(2)23-20(24)21(9-12-25-13-10-21)14-17-5-7-18(8-6-17)19-4-3-11-22-15-19/h3-8,11,15-16H,9-10,12-14H2,1-2H3,(H,23,24). The summed E-state index contributed by atoms with van der Waals surface area (Å²) in [5, 5.41) is 3.11. The van der Waals surface area contributed by atoms with Crippen LogP contribution in [0.1, 0.15) is 32.3 Å². The van der Waals surface area contributed by atoms with Gasteiger partial charge >= 0.3 is 0 Å². The third kappa shape index (κ3) is 4.26. The molecule has 0 radical (unpaired) electrons. The fourth-order valence-electron chi connectivity index (χ4n) is 3.40. The van der Waals surface area contributed by atoms with Gasteiger partial charge in [-0.3, -0.25) is 9.78 Å². The third-order valence-electron chi connectivity index (χ3n) is 4.84. The zero-order valence-corrected chi connectivity index (χ0v) is 15.0. The highest BCUT2D eigenvalue weighted by Crippen LogP contribution is 2.35. The van der Waals surface area contributed by atoms with Gasteiger partial charge in [0.25, 0.3) is 0 Å². The van der Waals surface area contributed by atoms with Gasteiger partial charge in [0.2, 0.25) is 5.91 Å². The number of amides is 1. The monoisotopic (exact) mass is 338 g/mol. The molecule has 132 valence electrons. The molecule has 1 N–H and O–H groups in total. The van der Waals surface area contributed by atoms with Crippen LogP contribution in [-0.2, 0) is 16.0 Å². The normalized spacial score (nSPS) is 16.6. The van der Waals surface area contributed by atoms with Gasteiger partial charge in [-0.15, -0.1) is 0 Å².